The van der Waals surface area contributed by atoms with Crippen molar-refractivity contribution in [3.8, 4) is 10.6 Å². The van der Waals surface area contributed by atoms with Crippen molar-refractivity contribution in [3.63, 3.8) is 0 Å². The molecule has 0 bridgehead atoms. The van der Waals surface area contributed by atoms with Gasteiger partial charge in [0, 0.05) is 10.9 Å². The van der Waals surface area contributed by atoms with Gasteiger partial charge in [-0.3, -0.25) is 4.79 Å². The topological polar surface area (TPSA) is 92.4 Å². The van der Waals surface area contributed by atoms with E-state index in [0.717, 1.165) is 24.8 Å². The molecule has 2 aromatic rings. The van der Waals surface area contributed by atoms with Gasteiger partial charge in [-0.25, -0.2) is 9.78 Å². The molecule has 2 aromatic heterocycles. The largest absolute Gasteiger partial charge is 0.480 e. The standard InChI is InChI=1S/C15H16N2O4S/c18-12(17-15(14(19)20)5-2-1-3-6-15)11-9-22-13(16-11)10-4-7-21-8-10/h4,7-9H,1-3,5-6H2,(H,17,18)(H,19,20). The molecule has 2 heterocycles. The van der Waals surface area contributed by atoms with Crippen molar-refractivity contribution in [1.82, 2.24) is 10.3 Å². The number of aromatic nitrogens is 1. The fraction of sp³-hybridized carbons (Fsp3) is 0.400. The Morgan fingerprint density at radius 3 is 2.73 bits per heavy atom. The molecule has 1 saturated carbocycles. The van der Waals surface area contributed by atoms with Gasteiger partial charge in [-0.05, 0) is 18.9 Å². The number of aliphatic carboxylic acids is 1. The lowest BCUT2D eigenvalue weighted by atomic mass is 9.81. The Morgan fingerprint density at radius 1 is 1.32 bits per heavy atom. The number of furan rings is 1. The maximum Gasteiger partial charge on any atom is 0.329 e. The van der Waals surface area contributed by atoms with E-state index in [1.54, 1.807) is 17.7 Å². The van der Waals surface area contributed by atoms with Crippen LogP contribution in [0.3, 0.4) is 0 Å². The van der Waals surface area contributed by atoms with Crippen LogP contribution in [0.15, 0.2) is 28.4 Å². The van der Waals surface area contributed by atoms with Gasteiger partial charge < -0.3 is 14.8 Å². The highest BCUT2D eigenvalue weighted by atomic mass is 32.1. The second kappa shape index (κ2) is 5.92. The molecule has 0 saturated heterocycles. The lowest BCUT2D eigenvalue weighted by molar-refractivity contribution is -0.145. The number of thiazole rings is 1. The van der Waals surface area contributed by atoms with Crippen molar-refractivity contribution >= 4 is 23.2 Å². The first-order valence-corrected chi connectivity index (χ1v) is 8.03. The molecule has 1 aliphatic rings. The fourth-order valence-electron chi connectivity index (χ4n) is 2.73. The van der Waals surface area contributed by atoms with Crippen LogP contribution in [0.5, 0.6) is 0 Å². The Balaban J connectivity index is 1.77. The van der Waals surface area contributed by atoms with Crippen LogP contribution in [0.2, 0.25) is 0 Å². The predicted molar refractivity (Wildman–Crippen MR) is 80.7 cm³/mol. The summed E-state index contributed by atoms with van der Waals surface area (Å²) in [5, 5.41) is 14.5. The van der Waals surface area contributed by atoms with Crippen LogP contribution in [0.25, 0.3) is 10.6 Å². The maximum atomic E-state index is 12.4. The number of carbonyl (C=O) groups excluding carboxylic acids is 1. The van der Waals surface area contributed by atoms with Crippen LogP contribution in [0.1, 0.15) is 42.6 Å². The van der Waals surface area contributed by atoms with E-state index >= 15 is 0 Å². The van der Waals surface area contributed by atoms with Gasteiger partial charge in [0.25, 0.3) is 5.91 Å². The summed E-state index contributed by atoms with van der Waals surface area (Å²) in [6.07, 6.45) is 6.65. The second-order valence-corrected chi connectivity index (χ2v) is 6.31. The highest BCUT2D eigenvalue weighted by Crippen LogP contribution is 2.29. The lowest BCUT2D eigenvalue weighted by Gasteiger charge is -2.33. The summed E-state index contributed by atoms with van der Waals surface area (Å²) in [5.74, 6) is -1.40. The van der Waals surface area contributed by atoms with Crippen molar-refractivity contribution < 1.29 is 19.1 Å². The minimum absolute atomic E-state index is 0.243. The molecule has 0 aliphatic heterocycles. The molecule has 1 aliphatic carbocycles. The number of nitrogens with one attached hydrogen (secondary N) is 1. The first-order chi connectivity index (χ1) is 10.6. The third kappa shape index (κ3) is 2.76. The Bertz CT molecular complexity index is 672. The van der Waals surface area contributed by atoms with Crippen LogP contribution >= 0.6 is 11.3 Å². The highest BCUT2D eigenvalue weighted by Gasteiger charge is 2.41. The van der Waals surface area contributed by atoms with E-state index in [0.29, 0.717) is 17.8 Å². The van der Waals surface area contributed by atoms with E-state index in [4.69, 9.17) is 4.42 Å². The molecule has 3 rings (SSSR count). The quantitative estimate of drug-likeness (QED) is 0.903. The Hall–Kier alpha value is -2.15. The Kier molecular flexibility index (Phi) is 3.98. The first kappa shape index (κ1) is 14.8. The minimum atomic E-state index is -1.16. The number of carboxylic acids is 1. The molecule has 0 spiro atoms. The lowest BCUT2D eigenvalue weighted by Crippen LogP contribution is -2.55. The van der Waals surface area contributed by atoms with E-state index in [-0.39, 0.29) is 5.69 Å². The number of nitrogens with zero attached hydrogens (tertiary/aromatic N) is 1. The zero-order valence-corrected chi connectivity index (χ0v) is 12.7. The summed E-state index contributed by atoms with van der Waals surface area (Å²) >= 11 is 1.33. The fourth-order valence-corrected chi connectivity index (χ4v) is 3.51. The zero-order valence-electron chi connectivity index (χ0n) is 11.9. The average Bonchev–Trinajstić information content (AvgIpc) is 3.19. The number of carbonyl (C=O) groups is 2. The van der Waals surface area contributed by atoms with Crippen molar-refractivity contribution in [1.29, 1.82) is 0 Å². The molecule has 0 atom stereocenters. The average molecular weight is 320 g/mol. The van der Waals surface area contributed by atoms with Crippen LogP contribution in [0, 0.1) is 0 Å². The molecular weight excluding hydrogens is 304 g/mol. The van der Waals surface area contributed by atoms with E-state index < -0.39 is 17.4 Å². The normalized spacial score (nSPS) is 17.1. The summed E-state index contributed by atoms with van der Waals surface area (Å²) in [5.41, 5.74) is -0.114. The molecule has 0 radical (unpaired) electrons. The molecule has 0 unspecified atom stereocenters. The van der Waals surface area contributed by atoms with E-state index in [1.807, 2.05) is 0 Å². The van der Waals surface area contributed by atoms with Gasteiger partial charge in [0.15, 0.2) is 0 Å². The highest BCUT2D eigenvalue weighted by molar-refractivity contribution is 7.13. The van der Waals surface area contributed by atoms with Gasteiger partial charge in [-0.2, -0.15) is 0 Å². The van der Waals surface area contributed by atoms with Gasteiger partial charge in [0.1, 0.15) is 22.5 Å². The maximum absolute atomic E-state index is 12.4. The monoisotopic (exact) mass is 320 g/mol. The molecule has 7 heteroatoms. The molecule has 0 aromatic carbocycles. The van der Waals surface area contributed by atoms with E-state index in [1.165, 1.54) is 17.6 Å². The SMILES string of the molecule is O=C(NC1(C(=O)O)CCCCC1)c1csc(-c2ccoc2)n1. The first-order valence-electron chi connectivity index (χ1n) is 7.15. The smallest absolute Gasteiger partial charge is 0.329 e. The predicted octanol–water partition coefficient (Wildman–Crippen LogP) is 2.92. The third-order valence-corrected chi connectivity index (χ3v) is 4.87. The van der Waals surface area contributed by atoms with Crippen molar-refractivity contribution in [2.24, 2.45) is 0 Å². The molecule has 6 nitrogen and oxygen atoms in total. The Labute approximate surface area is 131 Å². The van der Waals surface area contributed by atoms with Crippen LogP contribution in [-0.2, 0) is 4.79 Å². The zero-order chi connectivity index (χ0) is 15.6. The minimum Gasteiger partial charge on any atom is -0.480 e. The van der Waals surface area contributed by atoms with Gasteiger partial charge in [-0.1, -0.05) is 19.3 Å². The van der Waals surface area contributed by atoms with Crippen molar-refractivity contribution in [2.75, 3.05) is 0 Å². The molecule has 116 valence electrons. The summed E-state index contributed by atoms with van der Waals surface area (Å²) in [7, 11) is 0. The Morgan fingerprint density at radius 2 is 2.09 bits per heavy atom. The molecule has 2 N–H and O–H groups in total. The number of amides is 1. The van der Waals surface area contributed by atoms with Gasteiger partial charge in [0.2, 0.25) is 0 Å². The van der Waals surface area contributed by atoms with E-state index in [9.17, 15) is 14.7 Å². The summed E-state index contributed by atoms with van der Waals surface area (Å²) in [6.45, 7) is 0. The third-order valence-electron chi connectivity index (χ3n) is 3.97. The summed E-state index contributed by atoms with van der Waals surface area (Å²) < 4.78 is 5.00. The number of hydrogen-bond donors (Lipinski definition) is 2. The molecule has 1 amide bonds. The van der Waals surface area contributed by atoms with Crippen molar-refractivity contribution in [3.05, 3.63) is 29.7 Å². The van der Waals surface area contributed by atoms with Gasteiger partial charge in [-0.15, -0.1) is 11.3 Å². The number of carboxylic acid groups (broad SMARTS) is 1. The van der Waals surface area contributed by atoms with Gasteiger partial charge >= 0.3 is 5.97 Å². The van der Waals surface area contributed by atoms with Crippen LogP contribution in [0.4, 0.5) is 0 Å². The van der Waals surface area contributed by atoms with E-state index in [2.05, 4.69) is 10.3 Å². The van der Waals surface area contributed by atoms with Gasteiger partial charge in [0.05, 0.1) is 6.26 Å². The van der Waals surface area contributed by atoms with Crippen LogP contribution < -0.4 is 5.32 Å². The second-order valence-electron chi connectivity index (χ2n) is 5.45. The van der Waals surface area contributed by atoms with Crippen molar-refractivity contribution in [2.45, 2.75) is 37.6 Å². The van der Waals surface area contributed by atoms with Crippen LogP contribution in [-0.4, -0.2) is 27.5 Å². The summed E-state index contributed by atoms with van der Waals surface area (Å²) in [6, 6.07) is 1.76. The summed E-state index contributed by atoms with van der Waals surface area (Å²) in [4.78, 5) is 28.2. The number of hydrogen-bond acceptors (Lipinski definition) is 5. The molecule has 22 heavy (non-hydrogen) atoms. The number of rotatable bonds is 4. The molecule has 1 fully saturated rings. The molecular formula is C15H16N2O4S.